The number of thiophene rings is 1. The number of nitriles is 1. The maximum absolute atomic E-state index is 13.4. The van der Waals surface area contributed by atoms with Crippen LogP contribution in [-0.4, -0.2) is 15.5 Å². The molecule has 2 heterocycles. The van der Waals surface area contributed by atoms with E-state index in [0.717, 1.165) is 39.9 Å². The fourth-order valence-corrected chi connectivity index (χ4v) is 5.36. The van der Waals surface area contributed by atoms with Crippen LogP contribution in [0, 0.1) is 18.3 Å². The second kappa shape index (κ2) is 9.22. The number of benzene rings is 1. The van der Waals surface area contributed by atoms with Gasteiger partial charge in [-0.15, -0.1) is 11.3 Å². The number of hydrogen-bond acceptors (Lipinski definition) is 5. The summed E-state index contributed by atoms with van der Waals surface area (Å²) in [7, 11) is 0. The highest BCUT2D eigenvalue weighted by Crippen LogP contribution is 2.41. The van der Waals surface area contributed by atoms with E-state index in [1.54, 1.807) is 18.2 Å². The molecule has 0 amide bonds. The number of rotatable bonds is 7. The van der Waals surface area contributed by atoms with E-state index in [1.807, 2.05) is 6.07 Å². The molecule has 0 spiro atoms. The topological polar surface area (TPSA) is 83.1 Å². The summed E-state index contributed by atoms with van der Waals surface area (Å²) in [5, 5.41) is 21.5. The molecule has 2 aromatic heterocycles. The maximum Gasteiger partial charge on any atom is 0.271 e. The van der Waals surface area contributed by atoms with E-state index in [0.29, 0.717) is 16.8 Å². The number of halogens is 2. The SMILES string of the molecule is CCCCCCn1c(O)c(C(=O)c2sc3cccc(Cl)c3c2Cl)c(C)c(C#N)c1=O. The van der Waals surface area contributed by atoms with Crippen molar-refractivity contribution in [2.45, 2.75) is 46.1 Å². The normalized spacial score (nSPS) is 11.0. The van der Waals surface area contributed by atoms with Crippen molar-refractivity contribution in [3.05, 3.63) is 60.2 Å². The highest BCUT2D eigenvalue weighted by molar-refractivity contribution is 7.22. The predicted molar refractivity (Wildman–Crippen MR) is 121 cm³/mol. The zero-order chi connectivity index (χ0) is 22.0. The molecule has 0 aliphatic rings. The summed E-state index contributed by atoms with van der Waals surface area (Å²) in [6, 6.07) is 7.13. The zero-order valence-electron chi connectivity index (χ0n) is 16.6. The second-order valence-corrected chi connectivity index (χ2v) is 8.85. The summed E-state index contributed by atoms with van der Waals surface area (Å²) in [4.78, 5) is 26.3. The number of carbonyl (C=O) groups is 1. The molecule has 3 aromatic rings. The molecule has 0 fully saturated rings. The van der Waals surface area contributed by atoms with Crippen LogP contribution in [0.15, 0.2) is 23.0 Å². The average Bonchev–Trinajstić information content (AvgIpc) is 3.05. The highest BCUT2D eigenvalue weighted by Gasteiger charge is 2.28. The summed E-state index contributed by atoms with van der Waals surface area (Å²) in [6.45, 7) is 3.79. The largest absolute Gasteiger partial charge is 0.494 e. The minimum absolute atomic E-state index is 0.0776. The van der Waals surface area contributed by atoms with Gasteiger partial charge in [-0.1, -0.05) is 55.5 Å². The molecule has 0 aliphatic heterocycles. The first-order chi connectivity index (χ1) is 14.3. The molecule has 0 aliphatic carbocycles. The lowest BCUT2D eigenvalue weighted by Crippen LogP contribution is -2.26. The van der Waals surface area contributed by atoms with Gasteiger partial charge in [0.15, 0.2) is 0 Å². The van der Waals surface area contributed by atoms with Crippen molar-refractivity contribution >= 4 is 50.4 Å². The van der Waals surface area contributed by atoms with Crippen molar-refractivity contribution in [1.82, 2.24) is 4.57 Å². The van der Waals surface area contributed by atoms with Crippen LogP contribution < -0.4 is 5.56 Å². The minimum atomic E-state index is -0.592. The lowest BCUT2D eigenvalue weighted by molar-refractivity contribution is 0.103. The van der Waals surface area contributed by atoms with Gasteiger partial charge in [0.2, 0.25) is 11.7 Å². The third-order valence-corrected chi connectivity index (χ3v) is 7.03. The van der Waals surface area contributed by atoms with Gasteiger partial charge in [-0.3, -0.25) is 14.2 Å². The molecular formula is C22H20Cl2N2O3S. The molecule has 1 N–H and O–H groups in total. The summed E-state index contributed by atoms with van der Waals surface area (Å²) in [5.41, 5.74) is -0.673. The van der Waals surface area contributed by atoms with Crippen LogP contribution in [0.25, 0.3) is 10.1 Å². The summed E-state index contributed by atoms with van der Waals surface area (Å²) in [5.74, 6) is -0.969. The van der Waals surface area contributed by atoms with Crippen molar-refractivity contribution in [3.8, 4) is 11.9 Å². The Morgan fingerprint density at radius 3 is 2.63 bits per heavy atom. The van der Waals surface area contributed by atoms with E-state index in [1.165, 1.54) is 6.92 Å². The van der Waals surface area contributed by atoms with Crippen LogP contribution in [-0.2, 0) is 6.54 Å². The number of unbranched alkanes of at least 4 members (excludes halogenated alkanes) is 3. The van der Waals surface area contributed by atoms with Gasteiger partial charge in [0.1, 0.15) is 11.6 Å². The number of aromatic hydroxyl groups is 1. The molecule has 156 valence electrons. The van der Waals surface area contributed by atoms with Crippen molar-refractivity contribution in [2.75, 3.05) is 0 Å². The molecule has 0 unspecified atom stereocenters. The van der Waals surface area contributed by atoms with Crippen molar-refractivity contribution in [1.29, 1.82) is 5.26 Å². The van der Waals surface area contributed by atoms with Gasteiger partial charge in [0.05, 0.1) is 20.5 Å². The van der Waals surface area contributed by atoms with Crippen LogP contribution in [0.2, 0.25) is 10.0 Å². The molecule has 5 nitrogen and oxygen atoms in total. The van der Waals surface area contributed by atoms with Gasteiger partial charge in [0, 0.05) is 16.6 Å². The lowest BCUT2D eigenvalue weighted by atomic mass is 10.0. The maximum atomic E-state index is 13.4. The molecule has 30 heavy (non-hydrogen) atoms. The first-order valence-electron chi connectivity index (χ1n) is 9.61. The van der Waals surface area contributed by atoms with Gasteiger partial charge in [-0.2, -0.15) is 5.26 Å². The molecule has 0 atom stereocenters. The van der Waals surface area contributed by atoms with Gasteiger partial charge in [-0.05, 0) is 31.0 Å². The molecule has 3 rings (SSSR count). The summed E-state index contributed by atoms with van der Waals surface area (Å²) in [6.07, 6.45) is 3.55. The van der Waals surface area contributed by atoms with E-state index in [4.69, 9.17) is 23.2 Å². The van der Waals surface area contributed by atoms with Gasteiger partial charge in [0.25, 0.3) is 5.56 Å². The number of ketones is 1. The molecule has 0 saturated heterocycles. The number of fused-ring (bicyclic) bond motifs is 1. The molecule has 0 radical (unpaired) electrons. The van der Waals surface area contributed by atoms with Gasteiger partial charge < -0.3 is 5.11 Å². The lowest BCUT2D eigenvalue weighted by Gasteiger charge is -2.15. The van der Waals surface area contributed by atoms with Crippen molar-refractivity contribution in [2.24, 2.45) is 0 Å². The predicted octanol–water partition coefficient (Wildman–Crippen LogP) is 6.07. The van der Waals surface area contributed by atoms with E-state index in [9.17, 15) is 20.0 Å². The van der Waals surface area contributed by atoms with Crippen LogP contribution in [0.5, 0.6) is 5.88 Å². The highest BCUT2D eigenvalue weighted by atomic mass is 35.5. The smallest absolute Gasteiger partial charge is 0.271 e. The molecule has 0 bridgehead atoms. The molecule has 1 aromatic carbocycles. The standard InChI is InChI=1S/C22H20Cl2N2O3S/c1-3-4-5-6-10-26-21(28)13(11-25)12(2)16(22(26)29)19(27)20-18(24)17-14(23)8-7-9-15(17)30-20/h7-9,29H,3-6,10H2,1-2H3. The van der Waals surface area contributed by atoms with Crippen LogP contribution >= 0.6 is 34.5 Å². The number of nitrogens with zero attached hydrogens (tertiary/aromatic N) is 2. The number of pyridine rings is 1. The van der Waals surface area contributed by atoms with Gasteiger partial charge in [-0.25, -0.2) is 0 Å². The van der Waals surface area contributed by atoms with E-state index >= 15 is 0 Å². The van der Waals surface area contributed by atoms with Crippen LogP contribution in [0.1, 0.15) is 59.0 Å². The van der Waals surface area contributed by atoms with Crippen LogP contribution in [0.3, 0.4) is 0 Å². The fraction of sp³-hybridized carbons (Fsp3) is 0.318. The Balaban J connectivity index is 2.17. The van der Waals surface area contributed by atoms with E-state index in [2.05, 4.69) is 6.92 Å². The molecule has 8 heteroatoms. The Bertz CT molecular complexity index is 1240. The van der Waals surface area contributed by atoms with Crippen molar-refractivity contribution < 1.29 is 9.90 Å². The number of aromatic nitrogens is 1. The fourth-order valence-electron chi connectivity index (χ4n) is 3.46. The summed E-state index contributed by atoms with van der Waals surface area (Å²) >= 11 is 13.9. The Kier molecular flexibility index (Phi) is 6.87. The quantitative estimate of drug-likeness (QED) is 0.341. The zero-order valence-corrected chi connectivity index (χ0v) is 18.9. The van der Waals surface area contributed by atoms with Gasteiger partial charge >= 0.3 is 0 Å². The minimum Gasteiger partial charge on any atom is -0.494 e. The Morgan fingerprint density at radius 2 is 2.00 bits per heavy atom. The molecule has 0 saturated carbocycles. The first-order valence-corrected chi connectivity index (χ1v) is 11.2. The average molecular weight is 463 g/mol. The van der Waals surface area contributed by atoms with Crippen molar-refractivity contribution in [3.63, 3.8) is 0 Å². The first kappa shape index (κ1) is 22.4. The van der Waals surface area contributed by atoms with E-state index < -0.39 is 17.2 Å². The number of hydrogen-bond donors (Lipinski definition) is 1. The molecular weight excluding hydrogens is 443 g/mol. The third-order valence-electron chi connectivity index (χ3n) is 5.07. The Hall–Kier alpha value is -2.33. The third kappa shape index (κ3) is 3.85. The Morgan fingerprint density at radius 1 is 1.27 bits per heavy atom. The summed E-state index contributed by atoms with van der Waals surface area (Å²) < 4.78 is 1.85. The van der Waals surface area contributed by atoms with E-state index in [-0.39, 0.29) is 33.1 Å². The monoisotopic (exact) mass is 462 g/mol. The van der Waals surface area contributed by atoms with Crippen LogP contribution in [0.4, 0.5) is 0 Å². The second-order valence-electron chi connectivity index (χ2n) is 7.02. The Labute approximate surface area is 188 Å². The number of carbonyl (C=O) groups excluding carboxylic acids is 1.